The van der Waals surface area contributed by atoms with Crippen LogP contribution in [0.5, 0.6) is 0 Å². The summed E-state index contributed by atoms with van der Waals surface area (Å²) < 4.78 is 0. The number of amides is 1. The second-order valence-corrected chi connectivity index (χ2v) is 6.70. The Hall–Kier alpha value is -2.92. The Bertz CT molecular complexity index is 937. The van der Waals surface area contributed by atoms with Gasteiger partial charge in [-0.05, 0) is 68.3 Å². The lowest BCUT2D eigenvalue weighted by molar-refractivity contribution is 0.102. The summed E-state index contributed by atoms with van der Waals surface area (Å²) in [4.78, 5) is 20.5. The Kier molecular flexibility index (Phi) is 4.31. The van der Waals surface area contributed by atoms with Gasteiger partial charge in [0.1, 0.15) is 5.82 Å². The van der Waals surface area contributed by atoms with Crippen LogP contribution in [0.1, 0.15) is 32.9 Å². The molecule has 0 spiro atoms. The van der Waals surface area contributed by atoms with Crippen LogP contribution in [-0.2, 0) is 13.0 Å². The molecule has 0 aliphatic carbocycles. The van der Waals surface area contributed by atoms with Crippen LogP contribution >= 0.6 is 0 Å². The lowest BCUT2D eigenvalue weighted by Gasteiger charge is -2.20. The average Bonchev–Trinajstić information content (AvgIpc) is 3.00. The van der Waals surface area contributed by atoms with Gasteiger partial charge in [-0.15, -0.1) is 0 Å². The minimum Gasteiger partial charge on any atom is -0.342 e. The van der Waals surface area contributed by atoms with E-state index < -0.39 is 0 Å². The van der Waals surface area contributed by atoms with E-state index in [0.717, 1.165) is 59.1 Å². The summed E-state index contributed by atoms with van der Waals surface area (Å²) in [7, 11) is 0. The predicted octanol–water partition coefficient (Wildman–Crippen LogP) is 3.59. The van der Waals surface area contributed by atoms with Crippen molar-refractivity contribution in [3.05, 3.63) is 70.5 Å². The molecule has 5 heteroatoms. The van der Waals surface area contributed by atoms with E-state index in [4.69, 9.17) is 0 Å². The average molecular weight is 346 g/mol. The molecule has 1 amide bonds. The molecule has 0 fully saturated rings. The first kappa shape index (κ1) is 16.5. The number of nitrogens with one attached hydrogen (secondary N) is 3. The van der Waals surface area contributed by atoms with Crippen molar-refractivity contribution in [1.82, 2.24) is 15.3 Å². The Morgan fingerprint density at radius 3 is 2.65 bits per heavy atom. The van der Waals surface area contributed by atoms with Gasteiger partial charge < -0.3 is 15.6 Å². The molecule has 0 saturated heterocycles. The summed E-state index contributed by atoms with van der Waals surface area (Å²) in [6.07, 6.45) is 0.965. The van der Waals surface area contributed by atoms with E-state index in [2.05, 4.69) is 26.7 Å². The molecule has 3 N–H and O–H groups in total. The molecular formula is C21H22N4O. The Morgan fingerprint density at radius 1 is 1.12 bits per heavy atom. The molecule has 1 aliphatic heterocycles. The first-order valence-electron chi connectivity index (χ1n) is 8.88. The van der Waals surface area contributed by atoms with Crippen LogP contribution in [0.2, 0.25) is 0 Å². The minimum atomic E-state index is -0.0667. The number of hydrogen-bond acceptors (Lipinski definition) is 3. The van der Waals surface area contributed by atoms with Gasteiger partial charge in [-0.3, -0.25) is 4.79 Å². The number of H-pyrrole nitrogens is 1. The number of hydrogen-bond donors (Lipinski definition) is 3. The van der Waals surface area contributed by atoms with E-state index in [1.807, 2.05) is 50.2 Å². The predicted molar refractivity (Wildman–Crippen MR) is 103 cm³/mol. The van der Waals surface area contributed by atoms with Gasteiger partial charge in [0.2, 0.25) is 0 Å². The number of nitrogens with zero attached hydrogens (tertiary/aromatic N) is 1. The molecule has 0 saturated carbocycles. The Morgan fingerprint density at radius 2 is 1.92 bits per heavy atom. The molecule has 3 aromatic rings. The maximum Gasteiger partial charge on any atom is 0.255 e. The molecule has 2 heterocycles. The lowest BCUT2D eigenvalue weighted by atomic mass is 9.95. The van der Waals surface area contributed by atoms with Gasteiger partial charge >= 0.3 is 0 Å². The quantitative estimate of drug-likeness (QED) is 0.679. The van der Waals surface area contributed by atoms with Crippen molar-refractivity contribution in [3.8, 4) is 11.4 Å². The highest BCUT2D eigenvalue weighted by molar-refractivity contribution is 6.05. The lowest BCUT2D eigenvalue weighted by Crippen LogP contribution is -2.27. The third kappa shape index (κ3) is 3.13. The molecule has 1 aromatic heterocycles. The fraction of sp³-hybridized carbons (Fsp3) is 0.238. The fourth-order valence-corrected chi connectivity index (χ4v) is 3.32. The fourth-order valence-electron chi connectivity index (χ4n) is 3.32. The molecule has 0 atom stereocenters. The second kappa shape index (κ2) is 6.77. The van der Waals surface area contributed by atoms with E-state index in [1.54, 1.807) is 0 Å². The number of benzene rings is 2. The second-order valence-electron chi connectivity index (χ2n) is 6.70. The Balaban J connectivity index is 1.53. The monoisotopic (exact) mass is 346 g/mol. The van der Waals surface area contributed by atoms with Gasteiger partial charge in [0.25, 0.3) is 5.91 Å². The standard InChI is InChI=1S/C21H22N4O/c1-13-14(2)24-20(23-13)16-6-8-17(9-7-16)25-21(26)18-5-3-4-15-10-11-22-12-19(15)18/h3-9,22H,10-12H2,1-2H3,(H,23,24)(H,25,26). The first-order chi connectivity index (χ1) is 12.6. The summed E-state index contributed by atoms with van der Waals surface area (Å²) in [6, 6.07) is 13.7. The van der Waals surface area contributed by atoms with Gasteiger partial charge in [0.15, 0.2) is 0 Å². The molecule has 0 radical (unpaired) electrons. The maximum atomic E-state index is 12.7. The van der Waals surface area contributed by atoms with E-state index >= 15 is 0 Å². The largest absolute Gasteiger partial charge is 0.342 e. The summed E-state index contributed by atoms with van der Waals surface area (Å²) in [5.74, 6) is 0.782. The molecule has 26 heavy (non-hydrogen) atoms. The third-order valence-electron chi connectivity index (χ3n) is 4.93. The number of aryl methyl sites for hydroxylation is 2. The molecule has 0 unspecified atom stereocenters. The van der Waals surface area contributed by atoms with E-state index in [-0.39, 0.29) is 5.91 Å². The molecule has 2 aromatic carbocycles. The van der Waals surface area contributed by atoms with Crippen LogP contribution in [0.4, 0.5) is 5.69 Å². The SMILES string of the molecule is Cc1nc(-c2ccc(NC(=O)c3cccc4c3CNCC4)cc2)[nH]c1C. The highest BCUT2D eigenvalue weighted by Crippen LogP contribution is 2.22. The summed E-state index contributed by atoms with van der Waals surface area (Å²) in [5, 5.41) is 6.35. The molecule has 5 nitrogen and oxygen atoms in total. The number of aromatic amines is 1. The Labute approximate surface area is 152 Å². The number of rotatable bonds is 3. The minimum absolute atomic E-state index is 0.0667. The molecular weight excluding hydrogens is 324 g/mol. The molecule has 1 aliphatic rings. The van der Waals surface area contributed by atoms with Crippen molar-refractivity contribution >= 4 is 11.6 Å². The molecule has 132 valence electrons. The van der Waals surface area contributed by atoms with E-state index in [9.17, 15) is 4.79 Å². The summed E-state index contributed by atoms with van der Waals surface area (Å²) >= 11 is 0. The van der Waals surface area contributed by atoms with Gasteiger partial charge in [0, 0.05) is 29.1 Å². The van der Waals surface area contributed by atoms with Gasteiger partial charge in [0.05, 0.1) is 5.69 Å². The maximum absolute atomic E-state index is 12.7. The van der Waals surface area contributed by atoms with E-state index in [1.165, 1.54) is 5.56 Å². The zero-order chi connectivity index (χ0) is 18.1. The van der Waals surface area contributed by atoms with Crippen molar-refractivity contribution in [2.75, 3.05) is 11.9 Å². The van der Waals surface area contributed by atoms with Gasteiger partial charge in [-0.1, -0.05) is 12.1 Å². The first-order valence-corrected chi connectivity index (χ1v) is 8.88. The topological polar surface area (TPSA) is 69.8 Å². The summed E-state index contributed by atoms with van der Waals surface area (Å²) in [5.41, 5.74) is 6.96. The number of aromatic nitrogens is 2. The number of anilines is 1. The van der Waals surface area contributed by atoms with Crippen molar-refractivity contribution in [2.24, 2.45) is 0 Å². The molecule has 0 bridgehead atoms. The van der Waals surface area contributed by atoms with Crippen molar-refractivity contribution < 1.29 is 4.79 Å². The highest BCUT2D eigenvalue weighted by Gasteiger charge is 2.17. The van der Waals surface area contributed by atoms with Crippen LogP contribution in [0.3, 0.4) is 0 Å². The van der Waals surface area contributed by atoms with Crippen LogP contribution < -0.4 is 10.6 Å². The smallest absolute Gasteiger partial charge is 0.255 e. The zero-order valence-corrected chi connectivity index (χ0v) is 15.0. The third-order valence-corrected chi connectivity index (χ3v) is 4.93. The summed E-state index contributed by atoms with van der Waals surface area (Å²) in [6.45, 7) is 5.70. The zero-order valence-electron chi connectivity index (χ0n) is 15.0. The van der Waals surface area contributed by atoms with Crippen molar-refractivity contribution in [1.29, 1.82) is 0 Å². The van der Waals surface area contributed by atoms with Crippen LogP contribution in [0.15, 0.2) is 42.5 Å². The van der Waals surface area contributed by atoms with Gasteiger partial charge in [-0.2, -0.15) is 0 Å². The van der Waals surface area contributed by atoms with Gasteiger partial charge in [-0.25, -0.2) is 4.98 Å². The number of carbonyl (C=O) groups excluding carboxylic acids is 1. The van der Waals surface area contributed by atoms with Crippen LogP contribution in [0, 0.1) is 13.8 Å². The van der Waals surface area contributed by atoms with Crippen molar-refractivity contribution in [2.45, 2.75) is 26.8 Å². The normalized spacial score (nSPS) is 13.3. The number of fused-ring (bicyclic) bond motifs is 1. The number of imidazole rings is 1. The number of carbonyl (C=O) groups is 1. The van der Waals surface area contributed by atoms with Crippen molar-refractivity contribution in [3.63, 3.8) is 0 Å². The van der Waals surface area contributed by atoms with E-state index in [0.29, 0.717) is 0 Å². The van der Waals surface area contributed by atoms with Crippen LogP contribution in [0.25, 0.3) is 11.4 Å². The van der Waals surface area contributed by atoms with Crippen LogP contribution in [-0.4, -0.2) is 22.4 Å². The highest BCUT2D eigenvalue weighted by atomic mass is 16.1. The molecule has 4 rings (SSSR count).